The minimum Gasteiger partial charge on any atom is -0.544 e. The van der Waals surface area contributed by atoms with Crippen LogP contribution in [-0.2, 0) is 4.43 Å². The first-order chi connectivity index (χ1) is 7.29. The monoisotopic (exact) mass is 238 g/mol. The lowest BCUT2D eigenvalue weighted by Gasteiger charge is -2.23. The maximum absolute atomic E-state index is 12.8. The topological polar surface area (TPSA) is 9.23 Å². The first kappa shape index (κ1) is 13.0. The highest BCUT2D eigenvalue weighted by atomic mass is 28.4. The molecule has 1 rings (SSSR count). The van der Waals surface area contributed by atoms with Crippen molar-refractivity contribution < 1.29 is 8.82 Å². The van der Waals surface area contributed by atoms with Crippen molar-refractivity contribution in [2.24, 2.45) is 0 Å². The lowest BCUT2D eigenvalue weighted by molar-refractivity contribution is 0.509. The van der Waals surface area contributed by atoms with Gasteiger partial charge in [0.15, 0.2) is 0 Å². The molecular weight excluding hydrogens is 219 g/mol. The highest BCUT2D eigenvalue weighted by molar-refractivity contribution is 6.70. The van der Waals surface area contributed by atoms with Crippen molar-refractivity contribution in [1.29, 1.82) is 0 Å². The zero-order valence-corrected chi connectivity index (χ0v) is 11.6. The van der Waals surface area contributed by atoms with E-state index in [-0.39, 0.29) is 5.82 Å². The van der Waals surface area contributed by atoms with Crippen LogP contribution in [0.15, 0.2) is 29.8 Å². The molecule has 88 valence electrons. The Kier molecular flexibility index (Phi) is 3.91. The number of hydrogen-bond donors (Lipinski definition) is 0. The first-order valence-electron chi connectivity index (χ1n) is 5.42. The lowest BCUT2D eigenvalue weighted by atomic mass is 10.1. The Bertz CT molecular complexity index is 383. The Labute approximate surface area is 98.1 Å². The third kappa shape index (κ3) is 3.81. The van der Waals surface area contributed by atoms with Crippen molar-refractivity contribution in [3.8, 4) is 0 Å². The average Bonchev–Trinajstić information content (AvgIpc) is 2.14. The van der Waals surface area contributed by atoms with Crippen molar-refractivity contribution in [3.63, 3.8) is 0 Å². The van der Waals surface area contributed by atoms with Gasteiger partial charge in [-0.1, -0.05) is 0 Å². The van der Waals surface area contributed by atoms with Gasteiger partial charge in [0.2, 0.25) is 8.32 Å². The van der Waals surface area contributed by atoms with Gasteiger partial charge in [-0.2, -0.15) is 0 Å². The van der Waals surface area contributed by atoms with Gasteiger partial charge in [-0.05, 0) is 63.3 Å². The Morgan fingerprint density at radius 3 is 1.94 bits per heavy atom. The average molecular weight is 238 g/mol. The van der Waals surface area contributed by atoms with Crippen LogP contribution in [0.4, 0.5) is 4.39 Å². The van der Waals surface area contributed by atoms with E-state index in [9.17, 15) is 4.39 Å². The van der Waals surface area contributed by atoms with Crippen LogP contribution >= 0.6 is 0 Å². The van der Waals surface area contributed by atoms with Gasteiger partial charge in [-0.15, -0.1) is 0 Å². The number of halogens is 1. The Morgan fingerprint density at radius 2 is 1.56 bits per heavy atom. The van der Waals surface area contributed by atoms with Gasteiger partial charge < -0.3 is 4.43 Å². The zero-order valence-electron chi connectivity index (χ0n) is 10.6. The van der Waals surface area contributed by atoms with Crippen LogP contribution in [0.3, 0.4) is 0 Å². The molecule has 0 aliphatic carbocycles. The molecule has 0 heterocycles. The first-order valence-corrected chi connectivity index (χ1v) is 8.83. The summed E-state index contributed by atoms with van der Waals surface area (Å²) in [7, 11) is -1.63. The molecule has 0 bridgehead atoms. The highest BCUT2D eigenvalue weighted by Crippen LogP contribution is 2.24. The van der Waals surface area contributed by atoms with Gasteiger partial charge in [0, 0.05) is 5.56 Å². The molecule has 0 atom stereocenters. The van der Waals surface area contributed by atoms with Crippen LogP contribution in [0.5, 0.6) is 0 Å². The Hall–Kier alpha value is -1.09. The van der Waals surface area contributed by atoms with Gasteiger partial charge in [0.05, 0.1) is 0 Å². The summed E-state index contributed by atoms with van der Waals surface area (Å²) >= 11 is 0. The SMILES string of the molecule is CC(C)=C(O[Si](C)(C)C)c1ccc(F)cc1. The summed E-state index contributed by atoms with van der Waals surface area (Å²) in [5.74, 6) is 0.670. The van der Waals surface area contributed by atoms with Crippen molar-refractivity contribution >= 4 is 14.1 Å². The van der Waals surface area contributed by atoms with E-state index >= 15 is 0 Å². The van der Waals surface area contributed by atoms with Gasteiger partial charge in [0.1, 0.15) is 11.6 Å². The second-order valence-corrected chi connectivity index (χ2v) is 9.48. The molecule has 0 amide bonds. The highest BCUT2D eigenvalue weighted by Gasteiger charge is 2.19. The van der Waals surface area contributed by atoms with E-state index in [1.807, 2.05) is 13.8 Å². The molecule has 0 aliphatic rings. The van der Waals surface area contributed by atoms with Crippen molar-refractivity contribution in [1.82, 2.24) is 0 Å². The predicted molar refractivity (Wildman–Crippen MR) is 69.1 cm³/mol. The number of hydrogen-bond acceptors (Lipinski definition) is 1. The molecule has 3 heteroatoms. The summed E-state index contributed by atoms with van der Waals surface area (Å²) in [6, 6.07) is 6.45. The molecule has 1 nitrogen and oxygen atoms in total. The van der Waals surface area contributed by atoms with Crippen LogP contribution in [0.2, 0.25) is 19.6 Å². The molecule has 0 spiro atoms. The summed E-state index contributed by atoms with van der Waals surface area (Å²) in [6.45, 7) is 10.4. The molecule has 1 aromatic rings. The Balaban J connectivity index is 3.06. The summed E-state index contributed by atoms with van der Waals surface area (Å²) in [5.41, 5.74) is 2.07. The van der Waals surface area contributed by atoms with E-state index in [0.29, 0.717) is 0 Å². The quantitative estimate of drug-likeness (QED) is 0.559. The molecule has 1 aromatic carbocycles. The van der Waals surface area contributed by atoms with Crippen molar-refractivity contribution in [2.75, 3.05) is 0 Å². The largest absolute Gasteiger partial charge is 0.544 e. The van der Waals surface area contributed by atoms with E-state index in [1.54, 1.807) is 12.1 Å². The van der Waals surface area contributed by atoms with Crippen LogP contribution in [0, 0.1) is 5.82 Å². The van der Waals surface area contributed by atoms with Crippen molar-refractivity contribution in [3.05, 3.63) is 41.2 Å². The van der Waals surface area contributed by atoms with E-state index in [0.717, 1.165) is 16.9 Å². The van der Waals surface area contributed by atoms with Crippen molar-refractivity contribution in [2.45, 2.75) is 33.5 Å². The Morgan fingerprint density at radius 1 is 1.06 bits per heavy atom. The van der Waals surface area contributed by atoms with E-state index < -0.39 is 8.32 Å². The summed E-state index contributed by atoms with van der Waals surface area (Å²) < 4.78 is 18.9. The zero-order chi connectivity index (χ0) is 12.3. The molecule has 0 fully saturated rings. The standard InChI is InChI=1S/C13H19FOSi/c1-10(2)13(15-16(3,4)5)11-6-8-12(14)9-7-11/h6-9H,1-5H3. The summed E-state index contributed by atoms with van der Waals surface area (Å²) in [6.07, 6.45) is 0. The minimum absolute atomic E-state index is 0.218. The molecule has 0 aromatic heterocycles. The smallest absolute Gasteiger partial charge is 0.242 e. The van der Waals surface area contributed by atoms with Gasteiger partial charge in [-0.3, -0.25) is 0 Å². The fourth-order valence-corrected chi connectivity index (χ4v) is 2.29. The molecule has 0 aliphatic heterocycles. The third-order valence-electron chi connectivity index (χ3n) is 1.97. The fraction of sp³-hybridized carbons (Fsp3) is 0.385. The number of allylic oxidation sites excluding steroid dienone is 1. The molecule has 0 saturated heterocycles. The molecule has 16 heavy (non-hydrogen) atoms. The molecule has 0 unspecified atom stereocenters. The van der Waals surface area contributed by atoms with Crippen LogP contribution in [0.25, 0.3) is 5.76 Å². The molecule has 0 radical (unpaired) electrons. The normalized spacial score (nSPS) is 11.1. The summed E-state index contributed by atoms with van der Waals surface area (Å²) in [5, 5.41) is 0. The van der Waals surface area contributed by atoms with Gasteiger partial charge >= 0.3 is 0 Å². The number of benzene rings is 1. The fourth-order valence-electron chi connectivity index (χ4n) is 1.36. The van der Waals surface area contributed by atoms with Crippen LogP contribution in [-0.4, -0.2) is 8.32 Å². The molecule has 0 saturated carbocycles. The lowest BCUT2D eigenvalue weighted by Crippen LogP contribution is -2.24. The van der Waals surface area contributed by atoms with Gasteiger partial charge in [0.25, 0.3) is 0 Å². The van der Waals surface area contributed by atoms with E-state index in [2.05, 4.69) is 19.6 Å². The second-order valence-electron chi connectivity index (χ2n) is 5.05. The maximum Gasteiger partial charge on any atom is 0.242 e. The number of rotatable bonds is 3. The third-order valence-corrected chi connectivity index (χ3v) is 2.79. The van der Waals surface area contributed by atoms with E-state index in [4.69, 9.17) is 4.43 Å². The molecular formula is C13H19FOSi. The second kappa shape index (κ2) is 4.83. The van der Waals surface area contributed by atoms with Crippen LogP contribution < -0.4 is 0 Å². The summed E-state index contributed by atoms with van der Waals surface area (Å²) in [4.78, 5) is 0. The maximum atomic E-state index is 12.8. The minimum atomic E-state index is -1.63. The van der Waals surface area contributed by atoms with E-state index in [1.165, 1.54) is 12.1 Å². The predicted octanol–water partition coefficient (Wildman–Crippen LogP) is 4.43. The van der Waals surface area contributed by atoms with Gasteiger partial charge in [-0.25, -0.2) is 4.39 Å². The van der Waals surface area contributed by atoms with Crippen LogP contribution in [0.1, 0.15) is 19.4 Å². The molecule has 0 N–H and O–H groups in total.